The zero-order chi connectivity index (χ0) is 10.9. The van der Waals surface area contributed by atoms with Gasteiger partial charge in [0.05, 0.1) is 9.40 Å². The minimum Gasteiger partial charge on any atom is -0.295 e. The predicted octanol–water partition coefficient (Wildman–Crippen LogP) is 2.87. The Morgan fingerprint density at radius 3 is 2.50 bits per heavy atom. The van der Waals surface area contributed by atoms with Gasteiger partial charge >= 0.3 is 0 Å². The minimum absolute atomic E-state index is 0.0208. The lowest BCUT2D eigenvalue weighted by Crippen LogP contribution is -1.99. The fourth-order valence-electron chi connectivity index (χ4n) is 1.19. The Labute approximate surface area is 89.2 Å². The van der Waals surface area contributed by atoms with Gasteiger partial charge in [0, 0.05) is 11.6 Å². The molecule has 0 spiro atoms. The zero-order valence-corrected chi connectivity index (χ0v) is 9.29. The van der Waals surface area contributed by atoms with E-state index in [1.165, 1.54) is 19.1 Å². The number of Topliss-reactive ketones (excluding diaryl/α,β-unsaturated/α-hetero) is 1. The quantitative estimate of drug-likeness (QED) is 0.465. The fraction of sp³-hybridized carbons (Fsp3) is 0.222. The Balaban J connectivity index is 3.38. The van der Waals surface area contributed by atoms with E-state index < -0.39 is 4.92 Å². The number of nitrogens with zero attached hydrogens (tertiary/aromatic N) is 1. The number of carbonyl (C=O) groups is 1. The Morgan fingerprint density at radius 1 is 1.50 bits per heavy atom. The van der Waals surface area contributed by atoms with Crippen LogP contribution in [0.15, 0.2) is 16.6 Å². The Kier molecular flexibility index (Phi) is 3.00. The molecule has 14 heavy (non-hydrogen) atoms. The molecule has 74 valence electrons. The molecule has 0 radical (unpaired) electrons. The number of nitro groups is 1. The van der Waals surface area contributed by atoms with Crippen molar-refractivity contribution in [2.24, 2.45) is 0 Å². The molecule has 4 nitrogen and oxygen atoms in total. The fourth-order valence-corrected chi connectivity index (χ4v) is 1.67. The van der Waals surface area contributed by atoms with Crippen molar-refractivity contribution in [3.05, 3.63) is 37.8 Å². The molecule has 0 fully saturated rings. The summed E-state index contributed by atoms with van der Waals surface area (Å²) < 4.78 is 0.332. The van der Waals surface area contributed by atoms with Crippen molar-refractivity contribution >= 4 is 27.4 Å². The van der Waals surface area contributed by atoms with Crippen molar-refractivity contribution in [3.63, 3.8) is 0 Å². The summed E-state index contributed by atoms with van der Waals surface area (Å²) in [5.74, 6) is -0.0990. The molecule has 0 saturated heterocycles. The van der Waals surface area contributed by atoms with Gasteiger partial charge in [-0.2, -0.15) is 0 Å². The van der Waals surface area contributed by atoms with E-state index in [2.05, 4.69) is 15.9 Å². The van der Waals surface area contributed by atoms with Gasteiger partial charge in [-0.3, -0.25) is 14.9 Å². The number of rotatable bonds is 2. The highest BCUT2D eigenvalue weighted by Crippen LogP contribution is 2.28. The van der Waals surface area contributed by atoms with Crippen LogP contribution in [0.3, 0.4) is 0 Å². The van der Waals surface area contributed by atoms with Crippen LogP contribution in [0.2, 0.25) is 0 Å². The third-order valence-electron chi connectivity index (χ3n) is 1.87. The van der Waals surface area contributed by atoms with E-state index >= 15 is 0 Å². The van der Waals surface area contributed by atoms with E-state index in [4.69, 9.17) is 0 Å². The van der Waals surface area contributed by atoms with Crippen molar-refractivity contribution in [1.29, 1.82) is 0 Å². The molecule has 1 aromatic rings. The first-order chi connectivity index (χ1) is 6.43. The smallest absolute Gasteiger partial charge is 0.283 e. The molecular formula is C9H8BrNO3. The van der Waals surface area contributed by atoms with E-state index in [-0.39, 0.29) is 11.5 Å². The van der Waals surface area contributed by atoms with Crippen LogP contribution in [0.1, 0.15) is 22.8 Å². The molecule has 0 heterocycles. The monoisotopic (exact) mass is 257 g/mol. The number of halogens is 1. The molecule has 0 aliphatic carbocycles. The molecule has 1 aromatic carbocycles. The third kappa shape index (κ3) is 1.98. The maximum Gasteiger partial charge on any atom is 0.283 e. The Morgan fingerprint density at radius 2 is 2.07 bits per heavy atom. The normalized spacial score (nSPS) is 9.93. The van der Waals surface area contributed by atoms with Crippen molar-refractivity contribution in [1.82, 2.24) is 0 Å². The molecule has 1 rings (SSSR count). The summed E-state index contributed by atoms with van der Waals surface area (Å²) >= 11 is 3.06. The maximum atomic E-state index is 11.1. The molecule has 0 unspecified atom stereocenters. The number of hydrogen-bond donors (Lipinski definition) is 0. The maximum absolute atomic E-state index is 11.1. The van der Waals surface area contributed by atoms with Gasteiger partial charge in [-0.1, -0.05) is 0 Å². The topological polar surface area (TPSA) is 60.2 Å². The highest BCUT2D eigenvalue weighted by Gasteiger charge is 2.15. The number of benzene rings is 1. The van der Waals surface area contributed by atoms with Crippen LogP contribution in [0.5, 0.6) is 0 Å². The van der Waals surface area contributed by atoms with Crippen LogP contribution in [-0.2, 0) is 0 Å². The van der Waals surface area contributed by atoms with Crippen molar-refractivity contribution < 1.29 is 9.72 Å². The van der Waals surface area contributed by atoms with Gasteiger partial charge in [0.1, 0.15) is 0 Å². The van der Waals surface area contributed by atoms with Gasteiger partial charge in [0.25, 0.3) is 5.69 Å². The second-order valence-electron chi connectivity index (χ2n) is 2.93. The van der Waals surface area contributed by atoms with Crippen molar-refractivity contribution in [3.8, 4) is 0 Å². The number of hydrogen-bond acceptors (Lipinski definition) is 3. The summed E-state index contributed by atoms with van der Waals surface area (Å²) in [6.07, 6.45) is 0. The molecule has 0 aliphatic rings. The molecule has 0 N–H and O–H groups in total. The highest BCUT2D eigenvalue weighted by molar-refractivity contribution is 9.10. The second-order valence-corrected chi connectivity index (χ2v) is 3.79. The number of ketones is 1. The van der Waals surface area contributed by atoms with Crippen molar-refractivity contribution in [2.75, 3.05) is 0 Å². The number of aryl methyl sites for hydroxylation is 1. The molecule has 5 heteroatoms. The van der Waals surface area contributed by atoms with Gasteiger partial charge in [0.2, 0.25) is 0 Å². The first-order valence-corrected chi connectivity index (χ1v) is 4.68. The van der Waals surface area contributed by atoms with E-state index in [9.17, 15) is 14.9 Å². The lowest BCUT2D eigenvalue weighted by Gasteiger charge is -2.02. The van der Waals surface area contributed by atoms with Crippen LogP contribution < -0.4 is 0 Å². The van der Waals surface area contributed by atoms with Crippen LogP contribution >= 0.6 is 15.9 Å². The zero-order valence-electron chi connectivity index (χ0n) is 7.70. The van der Waals surface area contributed by atoms with Crippen molar-refractivity contribution in [2.45, 2.75) is 13.8 Å². The van der Waals surface area contributed by atoms with Gasteiger partial charge in [-0.15, -0.1) is 0 Å². The molecular weight excluding hydrogens is 250 g/mol. The SMILES string of the molecule is CC(=O)c1cc(Br)c([N+](=O)[O-])cc1C. The molecule has 0 bridgehead atoms. The lowest BCUT2D eigenvalue weighted by molar-refractivity contribution is -0.385. The highest BCUT2D eigenvalue weighted by atomic mass is 79.9. The van der Waals surface area contributed by atoms with Gasteiger partial charge in [0.15, 0.2) is 5.78 Å². The standard InChI is InChI=1S/C9H8BrNO3/c1-5-3-9(11(13)14)8(10)4-7(5)6(2)12/h3-4H,1-2H3. The predicted molar refractivity (Wildman–Crippen MR) is 55.5 cm³/mol. The number of nitro benzene ring substituents is 1. The summed E-state index contributed by atoms with van der Waals surface area (Å²) in [5, 5.41) is 10.5. The lowest BCUT2D eigenvalue weighted by atomic mass is 10.1. The molecule has 0 atom stereocenters. The molecule has 0 aliphatic heterocycles. The minimum atomic E-state index is -0.485. The van der Waals surface area contributed by atoms with Gasteiger partial charge in [-0.25, -0.2) is 0 Å². The third-order valence-corrected chi connectivity index (χ3v) is 2.50. The average molecular weight is 258 g/mol. The van der Waals surface area contributed by atoms with E-state index in [0.717, 1.165) is 0 Å². The van der Waals surface area contributed by atoms with Gasteiger partial charge in [-0.05, 0) is 41.4 Å². The summed E-state index contributed by atoms with van der Waals surface area (Å²) in [6.45, 7) is 3.11. The van der Waals surface area contributed by atoms with E-state index in [1.807, 2.05) is 0 Å². The van der Waals surface area contributed by atoms with Crippen LogP contribution in [0.25, 0.3) is 0 Å². The molecule has 0 saturated carbocycles. The average Bonchev–Trinajstić information content (AvgIpc) is 2.07. The number of carbonyl (C=O) groups excluding carboxylic acids is 1. The Bertz CT molecular complexity index is 375. The molecule has 0 aromatic heterocycles. The Hall–Kier alpha value is -1.23. The van der Waals surface area contributed by atoms with Crippen LogP contribution in [0.4, 0.5) is 5.69 Å². The summed E-state index contributed by atoms with van der Waals surface area (Å²) in [5.41, 5.74) is 1.10. The summed E-state index contributed by atoms with van der Waals surface area (Å²) in [4.78, 5) is 21.2. The van der Waals surface area contributed by atoms with Crippen LogP contribution in [0, 0.1) is 17.0 Å². The molecule has 0 amide bonds. The second kappa shape index (κ2) is 3.88. The largest absolute Gasteiger partial charge is 0.295 e. The van der Waals surface area contributed by atoms with Gasteiger partial charge < -0.3 is 0 Å². The first-order valence-electron chi connectivity index (χ1n) is 3.89. The summed E-state index contributed by atoms with van der Waals surface area (Å²) in [6, 6.07) is 2.87. The van der Waals surface area contributed by atoms with E-state index in [1.54, 1.807) is 6.92 Å². The van der Waals surface area contributed by atoms with E-state index in [0.29, 0.717) is 15.6 Å². The summed E-state index contributed by atoms with van der Waals surface area (Å²) in [7, 11) is 0. The van der Waals surface area contributed by atoms with Crippen LogP contribution in [-0.4, -0.2) is 10.7 Å². The first kappa shape index (κ1) is 10.8.